The third-order valence-corrected chi connectivity index (χ3v) is 3.72. The second kappa shape index (κ2) is 7.28. The first-order valence-electron chi connectivity index (χ1n) is 6.47. The Bertz CT molecular complexity index is 125. The molecular formula is C13H26O. The molecule has 1 N–H and O–H groups in total. The minimum Gasteiger partial charge on any atom is -0.396 e. The van der Waals surface area contributed by atoms with Crippen molar-refractivity contribution in [1.29, 1.82) is 0 Å². The largest absolute Gasteiger partial charge is 0.396 e. The summed E-state index contributed by atoms with van der Waals surface area (Å²) in [6, 6.07) is 0. The van der Waals surface area contributed by atoms with Gasteiger partial charge in [0.2, 0.25) is 0 Å². The number of unbranched alkanes of at least 4 members (excludes halogenated alkanes) is 2. The molecule has 0 aliphatic heterocycles. The molecule has 0 aromatic heterocycles. The van der Waals surface area contributed by atoms with Crippen molar-refractivity contribution in [2.24, 2.45) is 11.8 Å². The van der Waals surface area contributed by atoms with E-state index in [1.54, 1.807) is 0 Å². The van der Waals surface area contributed by atoms with Crippen LogP contribution in [0.1, 0.15) is 64.7 Å². The number of aliphatic hydroxyl groups is 1. The van der Waals surface area contributed by atoms with Gasteiger partial charge < -0.3 is 5.11 Å². The lowest BCUT2D eigenvalue weighted by molar-refractivity contribution is 0.200. The first kappa shape index (κ1) is 12.0. The summed E-state index contributed by atoms with van der Waals surface area (Å²) in [6.07, 6.45) is 12.3. The van der Waals surface area contributed by atoms with Crippen LogP contribution >= 0.6 is 0 Å². The molecule has 0 atom stereocenters. The highest BCUT2D eigenvalue weighted by molar-refractivity contribution is 4.72. The van der Waals surface area contributed by atoms with Crippen LogP contribution in [-0.4, -0.2) is 11.7 Å². The predicted octanol–water partition coefficient (Wildman–Crippen LogP) is 3.76. The zero-order chi connectivity index (χ0) is 10.2. The van der Waals surface area contributed by atoms with Crippen molar-refractivity contribution in [3.63, 3.8) is 0 Å². The van der Waals surface area contributed by atoms with E-state index < -0.39 is 0 Å². The number of aliphatic hydroxyl groups excluding tert-OH is 1. The highest BCUT2D eigenvalue weighted by Crippen LogP contribution is 2.33. The summed E-state index contributed by atoms with van der Waals surface area (Å²) in [5.74, 6) is 1.85. The molecule has 0 bridgehead atoms. The zero-order valence-electron chi connectivity index (χ0n) is 9.67. The highest BCUT2D eigenvalue weighted by atomic mass is 16.3. The first-order chi connectivity index (χ1) is 6.86. The number of hydrogen-bond donors (Lipinski definition) is 1. The fraction of sp³-hybridized carbons (Fsp3) is 1.00. The Labute approximate surface area is 88.9 Å². The quantitative estimate of drug-likeness (QED) is 0.644. The third-order valence-electron chi connectivity index (χ3n) is 3.72. The summed E-state index contributed by atoms with van der Waals surface area (Å²) < 4.78 is 0. The Morgan fingerprint density at radius 3 is 2.00 bits per heavy atom. The molecule has 1 fully saturated rings. The molecule has 1 heteroatoms. The molecule has 1 aliphatic rings. The summed E-state index contributed by atoms with van der Waals surface area (Å²) in [4.78, 5) is 0. The van der Waals surface area contributed by atoms with Gasteiger partial charge in [0.15, 0.2) is 0 Å². The van der Waals surface area contributed by atoms with Gasteiger partial charge in [-0.1, -0.05) is 58.3 Å². The number of rotatable bonds is 6. The maximum Gasteiger partial charge on any atom is 0.0433 e. The average Bonchev–Trinajstić information content (AvgIpc) is 2.21. The van der Waals surface area contributed by atoms with Crippen LogP contribution < -0.4 is 0 Å². The van der Waals surface area contributed by atoms with Crippen LogP contribution in [0.5, 0.6) is 0 Å². The van der Waals surface area contributed by atoms with E-state index in [9.17, 15) is 0 Å². The van der Waals surface area contributed by atoms with Gasteiger partial charge in [-0.2, -0.15) is 0 Å². The van der Waals surface area contributed by atoms with Crippen molar-refractivity contribution in [3.8, 4) is 0 Å². The standard InChI is InChI=1S/C13H26O/c1-2-3-4-5-12-6-8-13(9-7-12)10-11-14/h12-14H,2-11H2,1H3/t12-,13-. The second-order valence-electron chi connectivity index (χ2n) is 4.89. The highest BCUT2D eigenvalue weighted by Gasteiger charge is 2.19. The van der Waals surface area contributed by atoms with Crippen LogP contribution in [0.3, 0.4) is 0 Å². The van der Waals surface area contributed by atoms with E-state index in [0.29, 0.717) is 6.61 Å². The second-order valence-corrected chi connectivity index (χ2v) is 4.89. The molecule has 0 saturated heterocycles. The maximum atomic E-state index is 8.86. The molecule has 0 amide bonds. The normalized spacial score (nSPS) is 27.9. The molecule has 0 radical (unpaired) electrons. The molecule has 0 unspecified atom stereocenters. The maximum absolute atomic E-state index is 8.86. The van der Waals surface area contributed by atoms with Gasteiger partial charge in [0.05, 0.1) is 0 Å². The molecule has 0 heterocycles. The summed E-state index contributed by atoms with van der Waals surface area (Å²) in [5.41, 5.74) is 0. The number of hydrogen-bond acceptors (Lipinski definition) is 1. The van der Waals surface area contributed by atoms with Gasteiger partial charge in [0.1, 0.15) is 0 Å². The molecule has 0 aromatic carbocycles. The fourth-order valence-electron chi connectivity index (χ4n) is 2.67. The van der Waals surface area contributed by atoms with Gasteiger partial charge in [0.25, 0.3) is 0 Å². The van der Waals surface area contributed by atoms with Gasteiger partial charge in [-0.25, -0.2) is 0 Å². The first-order valence-corrected chi connectivity index (χ1v) is 6.47. The summed E-state index contributed by atoms with van der Waals surface area (Å²) in [5, 5.41) is 8.86. The summed E-state index contributed by atoms with van der Waals surface area (Å²) >= 11 is 0. The molecule has 0 aromatic rings. The van der Waals surface area contributed by atoms with E-state index in [1.165, 1.54) is 51.4 Å². The van der Waals surface area contributed by atoms with Crippen LogP contribution in [-0.2, 0) is 0 Å². The van der Waals surface area contributed by atoms with E-state index in [0.717, 1.165) is 18.3 Å². The lowest BCUT2D eigenvalue weighted by atomic mass is 9.79. The Morgan fingerprint density at radius 1 is 0.929 bits per heavy atom. The molecular weight excluding hydrogens is 172 g/mol. The molecule has 84 valence electrons. The predicted molar refractivity (Wildman–Crippen MR) is 61.3 cm³/mol. The van der Waals surface area contributed by atoms with Crippen LogP contribution in [0.4, 0.5) is 0 Å². The van der Waals surface area contributed by atoms with Crippen molar-refractivity contribution in [2.45, 2.75) is 64.7 Å². The molecule has 1 aliphatic carbocycles. The summed E-state index contributed by atoms with van der Waals surface area (Å²) in [6.45, 7) is 2.67. The Hall–Kier alpha value is -0.0400. The Balaban J connectivity index is 2.03. The monoisotopic (exact) mass is 198 g/mol. The van der Waals surface area contributed by atoms with Crippen molar-refractivity contribution >= 4 is 0 Å². The summed E-state index contributed by atoms with van der Waals surface area (Å²) in [7, 11) is 0. The average molecular weight is 198 g/mol. The molecule has 14 heavy (non-hydrogen) atoms. The third kappa shape index (κ3) is 4.45. The molecule has 0 spiro atoms. The Morgan fingerprint density at radius 2 is 1.50 bits per heavy atom. The van der Waals surface area contributed by atoms with Gasteiger partial charge in [-0.15, -0.1) is 0 Å². The molecule has 1 rings (SSSR count). The minimum absolute atomic E-state index is 0.394. The fourth-order valence-corrected chi connectivity index (χ4v) is 2.67. The molecule has 1 saturated carbocycles. The van der Waals surface area contributed by atoms with Gasteiger partial charge >= 0.3 is 0 Å². The van der Waals surface area contributed by atoms with Crippen molar-refractivity contribution in [3.05, 3.63) is 0 Å². The van der Waals surface area contributed by atoms with Crippen LogP contribution in [0.15, 0.2) is 0 Å². The topological polar surface area (TPSA) is 20.2 Å². The smallest absolute Gasteiger partial charge is 0.0433 e. The zero-order valence-corrected chi connectivity index (χ0v) is 9.67. The van der Waals surface area contributed by atoms with E-state index >= 15 is 0 Å². The van der Waals surface area contributed by atoms with Crippen LogP contribution in [0, 0.1) is 11.8 Å². The van der Waals surface area contributed by atoms with Crippen LogP contribution in [0.2, 0.25) is 0 Å². The van der Waals surface area contributed by atoms with Crippen LogP contribution in [0.25, 0.3) is 0 Å². The molecule has 1 nitrogen and oxygen atoms in total. The van der Waals surface area contributed by atoms with Crippen molar-refractivity contribution < 1.29 is 5.11 Å². The van der Waals surface area contributed by atoms with Crippen molar-refractivity contribution in [2.75, 3.05) is 6.61 Å². The lowest BCUT2D eigenvalue weighted by Gasteiger charge is -2.28. The van der Waals surface area contributed by atoms with E-state index in [1.807, 2.05) is 0 Å². The van der Waals surface area contributed by atoms with E-state index in [2.05, 4.69) is 6.92 Å². The Kier molecular flexibility index (Phi) is 6.25. The van der Waals surface area contributed by atoms with Crippen molar-refractivity contribution in [1.82, 2.24) is 0 Å². The van der Waals surface area contributed by atoms with Gasteiger partial charge in [-0.3, -0.25) is 0 Å². The minimum atomic E-state index is 0.394. The van der Waals surface area contributed by atoms with Gasteiger partial charge in [0, 0.05) is 6.61 Å². The van der Waals surface area contributed by atoms with Gasteiger partial charge in [-0.05, 0) is 18.3 Å². The van der Waals surface area contributed by atoms with E-state index in [-0.39, 0.29) is 0 Å². The SMILES string of the molecule is CCCCC[C@H]1CC[C@H](CCO)CC1. The van der Waals surface area contributed by atoms with E-state index in [4.69, 9.17) is 5.11 Å². The lowest BCUT2D eigenvalue weighted by Crippen LogP contribution is -2.15.